The van der Waals surface area contributed by atoms with Crippen molar-refractivity contribution in [2.75, 3.05) is 0 Å². The van der Waals surface area contributed by atoms with Gasteiger partial charge in [-0.25, -0.2) is 9.69 Å². The molecule has 0 aromatic heterocycles. The van der Waals surface area contributed by atoms with Gasteiger partial charge in [-0.15, -0.1) is 0 Å². The molecule has 0 spiro atoms. The zero-order valence-electron chi connectivity index (χ0n) is 22.9. The molecule has 2 aromatic rings. The van der Waals surface area contributed by atoms with Gasteiger partial charge in [0, 0.05) is 0 Å². The zero-order valence-corrected chi connectivity index (χ0v) is 24.1. The van der Waals surface area contributed by atoms with Crippen molar-refractivity contribution in [1.29, 1.82) is 0 Å². The van der Waals surface area contributed by atoms with Crippen LogP contribution in [0.1, 0.15) is 65.0 Å². The first-order valence-electron chi connectivity index (χ1n) is 12.7. The Bertz CT molecular complexity index is 1020. The van der Waals surface area contributed by atoms with E-state index in [-0.39, 0.29) is 17.4 Å². The minimum absolute atomic E-state index is 0.240. The van der Waals surface area contributed by atoms with Crippen molar-refractivity contribution in [2.24, 2.45) is 5.41 Å². The highest BCUT2D eigenvalue weighted by molar-refractivity contribution is 6.48. The average Bonchev–Trinajstić information content (AvgIpc) is 3.12. The van der Waals surface area contributed by atoms with Crippen molar-refractivity contribution in [2.45, 2.75) is 91.3 Å². The first kappa shape index (κ1) is 27.9. The van der Waals surface area contributed by atoms with Crippen molar-refractivity contribution < 1.29 is 23.5 Å². The van der Waals surface area contributed by atoms with Gasteiger partial charge < -0.3 is 13.9 Å². The van der Waals surface area contributed by atoms with Crippen LogP contribution in [0.15, 0.2) is 54.6 Å². The van der Waals surface area contributed by atoms with E-state index in [0.29, 0.717) is 13.0 Å². The molecule has 1 aliphatic rings. The Labute approximate surface area is 217 Å². The maximum Gasteiger partial charge on any atom is 0.417 e. The van der Waals surface area contributed by atoms with E-state index in [1.807, 2.05) is 75.4 Å². The van der Waals surface area contributed by atoms with Crippen LogP contribution < -0.4 is 4.74 Å². The van der Waals surface area contributed by atoms with Crippen LogP contribution in [-0.2, 0) is 20.6 Å². The van der Waals surface area contributed by atoms with Crippen LogP contribution in [-0.4, -0.2) is 43.7 Å². The van der Waals surface area contributed by atoms with E-state index in [1.165, 1.54) is 4.90 Å². The van der Waals surface area contributed by atoms with Crippen LogP contribution in [0.5, 0.6) is 5.75 Å². The van der Waals surface area contributed by atoms with Gasteiger partial charge in [0.05, 0.1) is 18.1 Å². The molecule has 3 rings (SSSR count). The third kappa shape index (κ3) is 7.20. The summed E-state index contributed by atoms with van der Waals surface area (Å²) in [5.41, 5.74) is 0.984. The molecule has 0 aliphatic carbocycles. The Morgan fingerprint density at radius 1 is 1.00 bits per heavy atom. The SMILES string of the molecule is C[SiH](C)OC([C@H]1C[C@@H](c2ccc(OCc3ccccc3)cc2)C(=O)N1C(=O)OC(C)(C)C)C(C)(C)C. The molecule has 36 heavy (non-hydrogen) atoms. The van der Waals surface area contributed by atoms with Gasteiger partial charge >= 0.3 is 6.09 Å². The van der Waals surface area contributed by atoms with Gasteiger partial charge in [0.1, 0.15) is 18.0 Å². The minimum Gasteiger partial charge on any atom is -0.489 e. The fourth-order valence-electron chi connectivity index (χ4n) is 4.56. The van der Waals surface area contributed by atoms with E-state index >= 15 is 0 Å². The van der Waals surface area contributed by atoms with E-state index in [4.69, 9.17) is 13.9 Å². The highest BCUT2D eigenvalue weighted by atomic mass is 28.3. The molecule has 7 heteroatoms. The number of carbonyl (C=O) groups excluding carboxylic acids is 2. The molecule has 0 saturated carbocycles. The summed E-state index contributed by atoms with van der Waals surface area (Å²) in [4.78, 5) is 28.3. The summed E-state index contributed by atoms with van der Waals surface area (Å²) < 4.78 is 18.0. The van der Waals surface area contributed by atoms with Crippen molar-refractivity contribution >= 4 is 21.0 Å². The number of imide groups is 1. The van der Waals surface area contributed by atoms with Gasteiger partial charge in [-0.3, -0.25) is 4.79 Å². The first-order chi connectivity index (χ1) is 16.8. The lowest BCUT2D eigenvalue weighted by Gasteiger charge is -2.40. The second-order valence-electron chi connectivity index (χ2n) is 11.9. The van der Waals surface area contributed by atoms with Gasteiger partial charge in [0.25, 0.3) is 0 Å². The van der Waals surface area contributed by atoms with Crippen LogP contribution in [0.2, 0.25) is 13.1 Å². The third-order valence-corrected chi connectivity index (χ3v) is 6.92. The summed E-state index contributed by atoms with van der Waals surface area (Å²) >= 11 is 0. The first-order valence-corrected chi connectivity index (χ1v) is 15.5. The summed E-state index contributed by atoms with van der Waals surface area (Å²) in [5.74, 6) is 0.0405. The standard InChI is InChI=1S/C29H41NO5Si/c1-28(2,3)25(35-36(7)8)24-18-23(26(31)30(24)27(32)34-29(4,5)6)21-14-16-22(17-15-21)33-19-20-12-10-9-11-13-20/h9-17,23-25,36H,18-19H2,1-8H3/t23-,24+,25?/m0/s1. The lowest BCUT2D eigenvalue weighted by atomic mass is 9.82. The summed E-state index contributed by atoms with van der Waals surface area (Å²) in [6.45, 7) is 16.4. The van der Waals surface area contributed by atoms with Crippen LogP contribution in [0, 0.1) is 5.41 Å². The number of ether oxygens (including phenoxy) is 2. The van der Waals surface area contributed by atoms with Gasteiger partial charge in [0.15, 0.2) is 9.04 Å². The second-order valence-corrected chi connectivity index (χ2v) is 14.2. The molecular weight excluding hydrogens is 470 g/mol. The Morgan fingerprint density at radius 3 is 2.14 bits per heavy atom. The molecule has 1 heterocycles. The van der Waals surface area contributed by atoms with Crippen LogP contribution in [0.25, 0.3) is 0 Å². The van der Waals surface area contributed by atoms with Crippen molar-refractivity contribution in [3.8, 4) is 5.75 Å². The Hall–Kier alpha value is -2.64. The average molecular weight is 512 g/mol. The Morgan fingerprint density at radius 2 is 1.61 bits per heavy atom. The maximum atomic E-state index is 13.7. The number of benzene rings is 2. The van der Waals surface area contributed by atoms with Crippen LogP contribution in [0.3, 0.4) is 0 Å². The number of likely N-dealkylation sites (tertiary alicyclic amines) is 1. The predicted molar refractivity (Wildman–Crippen MR) is 145 cm³/mol. The zero-order chi connectivity index (χ0) is 26.7. The monoisotopic (exact) mass is 511 g/mol. The van der Waals surface area contributed by atoms with E-state index in [0.717, 1.165) is 16.9 Å². The number of nitrogens with zero attached hydrogens (tertiary/aromatic N) is 1. The molecule has 0 radical (unpaired) electrons. The fraction of sp³-hybridized carbons (Fsp3) is 0.517. The lowest BCUT2D eigenvalue weighted by molar-refractivity contribution is -0.131. The summed E-state index contributed by atoms with van der Waals surface area (Å²) in [7, 11) is -1.45. The number of hydrogen-bond acceptors (Lipinski definition) is 5. The molecule has 2 aromatic carbocycles. The number of carbonyl (C=O) groups is 2. The van der Waals surface area contributed by atoms with E-state index < -0.39 is 32.7 Å². The van der Waals surface area contributed by atoms with E-state index in [9.17, 15) is 9.59 Å². The lowest BCUT2D eigenvalue weighted by Crippen LogP contribution is -2.52. The number of hydrogen-bond donors (Lipinski definition) is 0. The second kappa shape index (κ2) is 11.2. The molecule has 1 fully saturated rings. The predicted octanol–water partition coefficient (Wildman–Crippen LogP) is 6.30. The summed E-state index contributed by atoms with van der Waals surface area (Å²) in [5, 5.41) is 0. The smallest absolute Gasteiger partial charge is 0.417 e. The highest BCUT2D eigenvalue weighted by Crippen LogP contribution is 2.41. The van der Waals surface area contributed by atoms with Gasteiger partial charge in [0.2, 0.25) is 5.91 Å². The van der Waals surface area contributed by atoms with Crippen LogP contribution in [0.4, 0.5) is 4.79 Å². The topological polar surface area (TPSA) is 65.1 Å². The molecule has 3 atom stereocenters. The van der Waals surface area contributed by atoms with Crippen molar-refractivity contribution in [3.05, 3.63) is 65.7 Å². The number of amides is 2. The summed E-state index contributed by atoms with van der Waals surface area (Å²) in [6, 6.07) is 17.2. The normalized spacial score (nSPS) is 19.5. The quantitative estimate of drug-likeness (QED) is 0.408. The Balaban J connectivity index is 1.86. The fourth-order valence-corrected chi connectivity index (χ4v) is 5.73. The molecule has 196 valence electrons. The van der Waals surface area contributed by atoms with E-state index in [2.05, 4.69) is 33.9 Å². The van der Waals surface area contributed by atoms with Crippen LogP contribution >= 0.6 is 0 Å². The molecule has 1 unspecified atom stereocenters. The largest absolute Gasteiger partial charge is 0.489 e. The van der Waals surface area contributed by atoms with Crippen molar-refractivity contribution in [3.63, 3.8) is 0 Å². The van der Waals surface area contributed by atoms with Crippen molar-refractivity contribution in [1.82, 2.24) is 4.90 Å². The molecular formula is C29H41NO5Si. The van der Waals surface area contributed by atoms with Gasteiger partial charge in [-0.1, -0.05) is 63.2 Å². The maximum absolute atomic E-state index is 13.7. The minimum atomic E-state index is -1.45. The van der Waals surface area contributed by atoms with Gasteiger partial charge in [-0.2, -0.15) is 0 Å². The summed E-state index contributed by atoms with van der Waals surface area (Å²) in [6.07, 6.45) is -0.393. The molecule has 2 amide bonds. The molecule has 1 saturated heterocycles. The molecule has 6 nitrogen and oxygen atoms in total. The molecule has 0 bridgehead atoms. The molecule has 1 aliphatic heterocycles. The third-order valence-electron chi connectivity index (χ3n) is 6.09. The highest BCUT2D eigenvalue weighted by Gasteiger charge is 2.51. The number of rotatable bonds is 7. The molecule has 0 N–H and O–H groups in total. The Kier molecular flexibility index (Phi) is 8.67. The van der Waals surface area contributed by atoms with E-state index in [1.54, 1.807) is 0 Å². The van der Waals surface area contributed by atoms with Gasteiger partial charge in [-0.05, 0) is 69.0 Å².